The zero-order valence-corrected chi connectivity index (χ0v) is 16.2. The van der Waals surface area contributed by atoms with Crippen LogP contribution < -0.4 is 5.32 Å². The van der Waals surface area contributed by atoms with E-state index in [1.54, 1.807) is 12.3 Å². The summed E-state index contributed by atoms with van der Waals surface area (Å²) >= 11 is 6.18. The number of nitrogens with one attached hydrogen (secondary N) is 1. The molecule has 1 saturated heterocycles. The number of hydrogen-bond donors (Lipinski definition) is 1. The van der Waals surface area contributed by atoms with Gasteiger partial charge in [-0.1, -0.05) is 59.3 Å². The standard InChI is InChI=1S/C21H22ClN5O/c22-18-8-4-5-9-20(18)27-15-19(24-25-27)21(28)23-17-10-12-26(13-11-17)14-16-6-2-1-3-7-16/h1-9,15,17H,10-14H2,(H,23,28). The molecule has 1 aliphatic rings. The van der Waals surface area contributed by atoms with Crippen molar-refractivity contribution in [3.63, 3.8) is 0 Å². The first-order valence-corrected chi connectivity index (χ1v) is 9.81. The van der Waals surface area contributed by atoms with Crippen molar-refractivity contribution in [3.05, 3.63) is 77.1 Å². The SMILES string of the molecule is O=C(NC1CCN(Cc2ccccc2)CC1)c1cn(-c2ccccc2Cl)nn1. The third kappa shape index (κ3) is 4.40. The Balaban J connectivity index is 1.31. The van der Waals surface area contributed by atoms with Gasteiger partial charge in [0.15, 0.2) is 5.69 Å². The van der Waals surface area contributed by atoms with Crippen molar-refractivity contribution in [2.75, 3.05) is 13.1 Å². The van der Waals surface area contributed by atoms with Crippen molar-refractivity contribution < 1.29 is 4.79 Å². The zero-order valence-electron chi connectivity index (χ0n) is 15.5. The fourth-order valence-corrected chi connectivity index (χ4v) is 3.68. The van der Waals surface area contributed by atoms with E-state index in [-0.39, 0.29) is 11.9 Å². The number of likely N-dealkylation sites (tertiary alicyclic amines) is 1. The Morgan fingerprint density at radius 1 is 1.07 bits per heavy atom. The summed E-state index contributed by atoms with van der Waals surface area (Å²) in [6.07, 6.45) is 3.47. The van der Waals surface area contributed by atoms with Crippen molar-refractivity contribution in [3.8, 4) is 5.69 Å². The summed E-state index contributed by atoms with van der Waals surface area (Å²) in [5, 5.41) is 11.7. The molecule has 1 amide bonds. The van der Waals surface area contributed by atoms with Gasteiger partial charge < -0.3 is 5.32 Å². The molecule has 3 aromatic rings. The average Bonchev–Trinajstić information content (AvgIpc) is 3.21. The summed E-state index contributed by atoms with van der Waals surface area (Å²) < 4.78 is 1.53. The minimum absolute atomic E-state index is 0.157. The monoisotopic (exact) mass is 395 g/mol. The third-order valence-corrected chi connectivity index (χ3v) is 5.32. The molecule has 1 aliphatic heterocycles. The van der Waals surface area contributed by atoms with Gasteiger partial charge in [-0.15, -0.1) is 5.10 Å². The minimum atomic E-state index is -0.195. The van der Waals surface area contributed by atoms with Gasteiger partial charge in [0.2, 0.25) is 0 Å². The highest BCUT2D eigenvalue weighted by Gasteiger charge is 2.22. The highest BCUT2D eigenvalue weighted by Crippen LogP contribution is 2.19. The molecule has 28 heavy (non-hydrogen) atoms. The van der Waals surface area contributed by atoms with Gasteiger partial charge >= 0.3 is 0 Å². The molecule has 7 heteroatoms. The van der Waals surface area contributed by atoms with Crippen LogP contribution in [-0.2, 0) is 6.54 Å². The molecule has 1 aromatic heterocycles. The second kappa shape index (κ2) is 8.54. The highest BCUT2D eigenvalue weighted by molar-refractivity contribution is 6.32. The Bertz CT molecular complexity index is 935. The van der Waals surface area contributed by atoms with Gasteiger partial charge in [0.05, 0.1) is 16.9 Å². The normalized spacial score (nSPS) is 15.5. The fraction of sp³-hybridized carbons (Fsp3) is 0.286. The van der Waals surface area contributed by atoms with Gasteiger partial charge in [0.1, 0.15) is 0 Å². The number of amides is 1. The molecule has 0 bridgehead atoms. The number of para-hydroxylation sites is 1. The Morgan fingerprint density at radius 2 is 1.79 bits per heavy atom. The first-order chi connectivity index (χ1) is 13.7. The maximum absolute atomic E-state index is 12.5. The van der Waals surface area contributed by atoms with Crippen LogP contribution in [0.15, 0.2) is 60.8 Å². The average molecular weight is 396 g/mol. The predicted octanol–water partition coefficient (Wildman–Crippen LogP) is 3.32. The van der Waals surface area contributed by atoms with Crippen LogP contribution in [0.4, 0.5) is 0 Å². The molecule has 1 N–H and O–H groups in total. The lowest BCUT2D eigenvalue weighted by atomic mass is 10.0. The van der Waals surface area contributed by atoms with Crippen molar-refractivity contribution in [1.82, 2.24) is 25.2 Å². The van der Waals surface area contributed by atoms with E-state index >= 15 is 0 Å². The van der Waals surface area contributed by atoms with E-state index in [9.17, 15) is 4.79 Å². The number of rotatable bonds is 5. The van der Waals surface area contributed by atoms with Gasteiger partial charge in [-0.25, -0.2) is 4.68 Å². The molecule has 0 atom stereocenters. The molecule has 144 valence electrons. The van der Waals surface area contributed by atoms with Crippen LogP contribution in [0.3, 0.4) is 0 Å². The summed E-state index contributed by atoms with van der Waals surface area (Å²) in [5.41, 5.74) is 2.32. The number of benzene rings is 2. The third-order valence-electron chi connectivity index (χ3n) is 5.00. The van der Waals surface area contributed by atoms with E-state index in [2.05, 4.69) is 44.8 Å². The topological polar surface area (TPSA) is 63.1 Å². The first-order valence-electron chi connectivity index (χ1n) is 9.43. The van der Waals surface area contributed by atoms with Gasteiger partial charge in [0, 0.05) is 25.7 Å². The molecule has 0 aliphatic carbocycles. The van der Waals surface area contributed by atoms with E-state index < -0.39 is 0 Å². The Labute approximate surface area is 169 Å². The summed E-state index contributed by atoms with van der Waals surface area (Å²) in [5.74, 6) is -0.195. The summed E-state index contributed by atoms with van der Waals surface area (Å²) in [7, 11) is 0. The number of piperidine rings is 1. The molecule has 4 rings (SSSR count). The summed E-state index contributed by atoms with van der Waals surface area (Å²) in [6.45, 7) is 2.88. The minimum Gasteiger partial charge on any atom is -0.348 e. The largest absolute Gasteiger partial charge is 0.348 e. The highest BCUT2D eigenvalue weighted by atomic mass is 35.5. The van der Waals surface area contributed by atoms with Crippen molar-refractivity contribution >= 4 is 17.5 Å². The van der Waals surface area contributed by atoms with Crippen LogP contribution in [0.25, 0.3) is 5.69 Å². The smallest absolute Gasteiger partial charge is 0.273 e. The number of halogens is 1. The van der Waals surface area contributed by atoms with E-state index in [0.29, 0.717) is 16.4 Å². The second-order valence-corrected chi connectivity index (χ2v) is 7.42. The predicted molar refractivity (Wildman–Crippen MR) is 109 cm³/mol. The van der Waals surface area contributed by atoms with Crippen molar-refractivity contribution in [2.24, 2.45) is 0 Å². The van der Waals surface area contributed by atoms with Crippen LogP contribution in [0, 0.1) is 0 Å². The van der Waals surface area contributed by atoms with Gasteiger partial charge in [-0.2, -0.15) is 0 Å². The lowest BCUT2D eigenvalue weighted by Crippen LogP contribution is -2.44. The number of aromatic nitrogens is 3. The Hall–Kier alpha value is -2.70. The molecule has 6 nitrogen and oxygen atoms in total. The number of carbonyl (C=O) groups excluding carboxylic acids is 1. The van der Waals surface area contributed by atoms with Crippen LogP contribution in [-0.4, -0.2) is 44.9 Å². The molecular weight excluding hydrogens is 374 g/mol. The van der Waals surface area contributed by atoms with Crippen LogP contribution in [0.2, 0.25) is 5.02 Å². The van der Waals surface area contributed by atoms with Crippen molar-refractivity contribution in [1.29, 1.82) is 0 Å². The zero-order chi connectivity index (χ0) is 19.3. The second-order valence-electron chi connectivity index (χ2n) is 7.01. The maximum Gasteiger partial charge on any atom is 0.273 e. The molecule has 0 unspecified atom stereocenters. The molecular formula is C21H22ClN5O. The van der Waals surface area contributed by atoms with Crippen LogP contribution in [0.1, 0.15) is 28.9 Å². The van der Waals surface area contributed by atoms with Crippen molar-refractivity contribution in [2.45, 2.75) is 25.4 Å². The van der Waals surface area contributed by atoms with Crippen LogP contribution >= 0.6 is 11.6 Å². The van der Waals surface area contributed by atoms with E-state index in [1.165, 1.54) is 10.2 Å². The number of nitrogens with zero attached hydrogens (tertiary/aromatic N) is 4. The first kappa shape index (κ1) is 18.7. The maximum atomic E-state index is 12.5. The molecule has 0 spiro atoms. The summed E-state index contributed by atoms with van der Waals surface area (Å²) in [4.78, 5) is 15.0. The molecule has 2 heterocycles. The van der Waals surface area contributed by atoms with E-state index in [0.717, 1.165) is 32.5 Å². The van der Waals surface area contributed by atoms with Gasteiger partial charge in [-0.05, 0) is 30.5 Å². The summed E-state index contributed by atoms with van der Waals surface area (Å²) in [6, 6.07) is 18.0. The molecule has 2 aromatic carbocycles. The lowest BCUT2D eigenvalue weighted by Gasteiger charge is -2.32. The fourth-order valence-electron chi connectivity index (χ4n) is 3.46. The molecule has 0 radical (unpaired) electrons. The molecule has 0 saturated carbocycles. The Morgan fingerprint density at radius 3 is 2.54 bits per heavy atom. The van der Waals surface area contributed by atoms with Gasteiger partial charge in [0.25, 0.3) is 5.91 Å². The Kier molecular flexibility index (Phi) is 5.69. The van der Waals surface area contributed by atoms with E-state index in [1.807, 2.05) is 24.3 Å². The lowest BCUT2D eigenvalue weighted by molar-refractivity contribution is 0.0904. The quantitative estimate of drug-likeness (QED) is 0.719. The van der Waals surface area contributed by atoms with Gasteiger partial charge in [-0.3, -0.25) is 9.69 Å². The van der Waals surface area contributed by atoms with Crippen LogP contribution in [0.5, 0.6) is 0 Å². The molecule has 1 fully saturated rings. The number of carbonyl (C=O) groups is 1. The van der Waals surface area contributed by atoms with E-state index in [4.69, 9.17) is 11.6 Å². The number of hydrogen-bond acceptors (Lipinski definition) is 4.